The molecule has 0 aromatic carbocycles. The molecule has 7 heteroatoms. The Morgan fingerprint density at radius 3 is 2.82 bits per heavy atom. The molecule has 17 heavy (non-hydrogen) atoms. The average molecular weight is 314 g/mol. The van der Waals surface area contributed by atoms with Crippen LogP contribution in [0.1, 0.15) is 10.4 Å². The summed E-state index contributed by atoms with van der Waals surface area (Å²) in [5, 5.41) is 2.87. The second kappa shape index (κ2) is 5.20. The van der Waals surface area contributed by atoms with E-state index in [1.165, 1.54) is 18.6 Å². The zero-order chi connectivity index (χ0) is 12.3. The molecular formula is C10H6BrClN4O. The van der Waals surface area contributed by atoms with Gasteiger partial charge in [-0.25, -0.2) is 15.0 Å². The van der Waals surface area contributed by atoms with E-state index in [9.17, 15) is 4.79 Å². The summed E-state index contributed by atoms with van der Waals surface area (Å²) in [5.74, 6) is 0.0609. The fourth-order valence-corrected chi connectivity index (χ4v) is 1.65. The number of pyridine rings is 1. The Balaban J connectivity index is 2.17. The lowest BCUT2D eigenvalue weighted by Crippen LogP contribution is -2.13. The van der Waals surface area contributed by atoms with Crippen molar-refractivity contribution in [1.29, 1.82) is 0 Å². The van der Waals surface area contributed by atoms with Crippen LogP contribution in [-0.4, -0.2) is 20.9 Å². The Morgan fingerprint density at radius 1 is 1.29 bits per heavy atom. The van der Waals surface area contributed by atoms with E-state index in [4.69, 9.17) is 11.6 Å². The van der Waals surface area contributed by atoms with Crippen LogP contribution in [0, 0.1) is 0 Å². The zero-order valence-corrected chi connectivity index (χ0v) is 10.7. The number of nitrogens with zero attached hydrogens (tertiary/aromatic N) is 3. The van der Waals surface area contributed by atoms with Crippen molar-refractivity contribution in [3.8, 4) is 0 Å². The highest BCUT2D eigenvalue weighted by Gasteiger charge is 2.07. The SMILES string of the molecule is O=C(Nc1cc(Cl)ncn1)c1ccnc(Br)c1. The molecule has 0 fully saturated rings. The number of aromatic nitrogens is 3. The van der Waals surface area contributed by atoms with Crippen molar-refractivity contribution in [3.63, 3.8) is 0 Å². The Labute approximate surface area is 110 Å². The molecule has 86 valence electrons. The summed E-state index contributed by atoms with van der Waals surface area (Å²) in [7, 11) is 0. The Morgan fingerprint density at radius 2 is 2.12 bits per heavy atom. The zero-order valence-electron chi connectivity index (χ0n) is 8.39. The summed E-state index contributed by atoms with van der Waals surface area (Å²) < 4.78 is 0.589. The van der Waals surface area contributed by atoms with Crippen LogP contribution in [0.4, 0.5) is 5.82 Å². The highest BCUT2D eigenvalue weighted by molar-refractivity contribution is 9.10. The number of rotatable bonds is 2. The fraction of sp³-hybridized carbons (Fsp3) is 0. The highest BCUT2D eigenvalue weighted by atomic mass is 79.9. The molecule has 0 saturated heterocycles. The van der Waals surface area contributed by atoms with Crippen LogP contribution in [0.3, 0.4) is 0 Å². The quantitative estimate of drug-likeness (QED) is 0.683. The second-order valence-corrected chi connectivity index (χ2v) is 4.25. The van der Waals surface area contributed by atoms with Gasteiger partial charge in [0.2, 0.25) is 0 Å². The van der Waals surface area contributed by atoms with Gasteiger partial charge < -0.3 is 5.32 Å². The topological polar surface area (TPSA) is 67.8 Å². The largest absolute Gasteiger partial charge is 0.306 e. The lowest BCUT2D eigenvalue weighted by atomic mass is 10.2. The average Bonchev–Trinajstić information content (AvgIpc) is 2.29. The van der Waals surface area contributed by atoms with Gasteiger partial charge in [0.1, 0.15) is 21.9 Å². The van der Waals surface area contributed by atoms with E-state index in [-0.39, 0.29) is 11.1 Å². The van der Waals surface area contributed by atoms with Crippen molar-refractivity contribution in [3.05, 3.63) is 46.0 Å². The Hall–Kier alpha value is -1.53. The van der Waals surface area contributed by atoms with Gasteiger partial charge in [-0.05, 0) is 28.1 Å². The standard InChI is InChI=1S/C10H6BrClN4O/c11-7-3-6(1-2-13-7)10(17)16-9-4-8(12)14-5-15-9/h1-5H,(H,14,15,16,17). The van der Waals surface area contributed by atoms with Gasteiger partial charge >= 0.3 is 0 Å². The first-order valence-corrected chi connectivity index (χ1v) is 5.73. The molecule has 0 saturated carbocycles. The van der Waals surface area contributed by atoms with Crippen LogP contribution in [0.2, 0.25) is 5.15 Å². The first kappa shape index (κ1) is 11.9. The minimum atomic E-state index is -0.289. The number of carbonyl (C=O) groups excluding carboxylic acids is 1. The molecule has 2 aromatic rings. The van der Waals surface area contributed by atoms with Crippen LogP contribution in [0.15, 0.2) is 35.3 Å². The van der Waals surface area contributed by atoms with E-state index < -0.39 is 0 Å². The molecule has 0 bridgehead atoms. The van der Waals surface area contributed by atoms with Gasteiger partial charge in [-0.3, -0.25) is 4.79 Å². The van der Waals surface area contributed by atoms with Gasteiger partial charge in [-0.1, -0.05) is 11.6 Å². The van der Waals surface area contributed by atoms with Crippen LogP contribution >= 0.6 is 27.5 Å². The highest BCUT2D eigenvalue weighted by Crippen LogP contribution is 2.12. The number of hydrogen-bond acceptors (Lipinski definition) is 4. The van der Waals surface area contributed by atoms with Crippen LogP contribution in [-0.2, 0) is 0 Å². The minimum absolute atomic E-state index is 0.270. The van der Waals surface area contributed by atoms with Gasteiger partial charge in [0, 0.05) is 17.8 Å². The number of anilines is 1. The molecule has 0 atom stereocenters. The van der Waals surface area contributed by atoms with Crippen LogP contribution < -0.4 is 5.32 Å². The molecule has 1 amide bonds. The van der Waals surface area contributed by atoms with Gasteiger partial charge in [0.25, 0.3) is 5.91 Å². The van der Waals surface area contributed by atoms with Crippen molar-refractivity contribution in [2.24, 2.45) is 0 Å². The number of halogens is 2. The van der Waals surface area contributed by atoms with Gasteiger partial charge in [-0.2, -0.15) is 0 Å². The molecule has 2 rings (SSSR count). The fourth-order valence-electron chi connectivity index (χ4n) is 1.13. The van der Waals surface area contributed by atoms with Crippen molar-refractivity contribution in [1.82, 2.24) is 15.0 Å². The summed E-state index contributed by atoms with van der Waals surface area (Å²) in [4.78, 5) is 23.3. The van der Waals surface area contributed by atoms with Crippen molar-refractivity contribution < 1.29 is 4.79 Å². The lowest BCUT2D eigenvalue weighted by Gasteiger charge is -2.04. The third-order valence-corrected chi connectivity index (χ3v) is 2.50. The number of carbonyl (C=O) groups is 1. The van der Waals surface area contributed by atoms with Gasteiger partial charge in [0.05, 0.1) is 0 Å². The maximum absolute atomic E-state index is 11.8. The van der Waals surface area contributed by atoms with Crippen LogP contribution in [0.25, 0.3) is 0 Å². The van der Waals surface area contributed by atoms with Crippen molar-refractivity contribution >= 4 is 39.3 Å². The molecule has 5 nitrogen and oxygen atoms in total. The first-order chi connectivity index (χ1) is 8.15. The molecule has 0 aliphatic heterocycles. The summed E-state index contributed by atoms with van der Waals surface area (Å²) in [6.45, 7) is 0. The van der Waals surface area contributed by atoms with E-state index in [1.54, 1.807) is 12.1 Å². The molecule has 0 aliphatic carbocycles. The third-order valence-electron chi connectivity index (χ3n) is 1.86. The van der Waals surface area contributed by atoms with Gasteiger partial charge in [0.15, 0.2) is 0 Å². The van der Waals surface area contributed by atoms with Crippen LogP contribution in [0.5, 0.6) is 0 Å². The molecule has 0 radical (unpaired) electrons. The van der Waals surface area contributed by atoms with Crippen molar-refractivity contribution in [2.45, 2.75) is 0 Å². The second-order valence-electron chi connectivity index (χ2n) is 3.05. The van der Waals surface area contributed by atoms with E-state index in [0.717, 1.165) is 0 Å². The number of nitrogens with one attached hydrogen (secondary N) is 1. The summed E-state index contributed by atoms with van der Waals surface area (Å²) >= 11 is 8.87. The number of hydrogen-bond donors (Lipinski definition) is 1. The maximum Gasteiger partial charge on any atom is 0.256 e. The van der Waals surface area contributed by atoms with E-state index >= 15 is 0 Å². The van der Waals surface area contributed by atoms with E-state index in [1.807, 2.05) is 0 Å². The van der Waals surface area contributed by atoms with Gasteiger partial charge in [-0.15, -0.1) is 0 Å². The summed E-state index contributed by atoms with van der Waals surface area (Å²) in [6.07, 6.45) is 2.81. The predicted molar refractivity (Wildman–Crippen MR) is 66.9 cm³/mol. The van der Waals surface area contributed by atoms with Crippen molar-refractivity contribution in [2.75, 3.05) is 5.32 Å². The minimum Gasteiger partial charge on any atom is -0.306 e. The molecule has 0 aliphatic rings. The maximum atomic E-state index is 11.8. The van der Waals surface area contributed by atoms with E-state index in [0.29, 0.717) is 16.0 Å². The Bertz CT molecular complexity index is 564. The monoisotopic (exact) mass is 312 g/mol. The summed E-state index contributed by atoms with van der Waals surface area (Å²) in [5.41, 5.74) is 0.474. The van der Waals surface area contributed by atoms with E-state index in [2.05, 4.69) is 36.2 Å². The molecule has 0 spiro atoms. The molecule has 2 heterocycles. The predicted octanol–water partition coefficient (Wildman–Crippen LogP) is 2.54. The molecule has 0 unspecified atom stereocenters. The molecule has 1 N–H and O–H groups in total. The Kier molecular flexibility index (Phi) is 3.65. The number of amides is 1. The third kappa shape index (κ3) is 3.21. The normalized spacial score (nSPS) is 10.0. The smallest absolute Gasteiger partial charge is 0.256 e. The molecule has 2 aromatic heterocycles. The lowest BCUT2D eigenvalue weighted by molar-refractivity contribution is 0.102. The first-order valence-electron chi connectivity index (χ1n) is 4.55. The summed E-state index contributed by atoms with van der Waals surface area (Å²) in [6, 6.07) is 4.68. The molecular weight excluding hydrogens is 307 g/mol.